The minimum Gasteiger partial charge on any atom is -0.378 e. The molecule has 126 valence electrons. The van der Waals surface area contributed by atoms with Gasteiger partial charge in [0.25, 0.3) is 0 Å². The summed E-state index contributed by atoms with van der Waals surface area (Å²) in [5.74, 6) is 0.211. The van der Waals surface area contributed by atoms with Gasteiger partial charge in [0.15, 0.2) is 0 Å². The molecule has 0 fully saturated rings. The van der Waals surface area contributed by atoms with Crippen LogP contribution in [-0.2, 0) is 0 Å². The van der Waals surface area contributed by atoms with Crippen molar-refractivity contribution in [3.05, 3.63) is 60.3 Å². The summed E-state index contributed by atoms with van der Waals surface area (Å²) in [5, 5.41) is 8.30. The number of aliphatic imine (C=N–C) groups is 1. The second-order valence-electron chi connectivity index (χ2n) is 6.89. The quantitative estimate of drug-likeness (QED) is 0.849. The number of nitrogens with one attached hydrogen (secondary N) is 1. The summed E-state index contributed by atoms with van der Waals surface area (Å²) in [7, 11) is 4.09. The van der Waals surface area contributed by atoms with E-state index < -0.39 is 0 Å². The maximum atomic E-state index is 8.30. The predicted octanol–water partition coefficient (Wildman–Crippen LogP) is 4.92. The van der Waals surface area contributed by atoms with E-state index in [0.29, 0.717) is 5.71 Å². The standard InChI is InChI=1S/C21H22N4/c1-14-11-19-21(13-17(14)22)25(15-7-5-4-6-8-15)20-12-16(24(2)3)9-10-18(20)23-19/h4-10,12-14,22H,11H2,1-3H3. The molecule has 0 amide bonds. The molecule has 25 heavy (non-hydrogen) atoms. The number of hydrogen-bond donors (Lipinski definition) is 1. The summed E-state index contributed by atoms with van der Waals surface area (Å²) in [6.45, 7) is 2.09. The van der Waals surface area contributed by atoms with Gasteiger partial charge in [0.2, 0.25) is 0 Å². The Morgan fingerprint density at radius 1 is 1.12 bits per heavy atom. The lowest BCUT2D eigenvalue weighted by Gasteiger charge is -2.36. The highest BCUT2D eigenvalue weighted by Gasteiger charge is 2.31. The molecule has 1 N–H and O–H groups in total. The zero-order valence-electron chi connectivity index (χ0n) is 14.8. The molecule has 0 spiro atoms. The van der Waals surface area contributed by atoms with Crippen LogP contribution in [0.25, 0.3) is 0 Å². The Morgan fingerprint density at radius 3 is 2.60 bits per heavy atom. The number of rotatable bonds is 2. The van der Waals surface area contributed by atoms with Crippen LogP contribution in [0.4, 0.5) is 22.7 Å². The SMILES string of the molecule is CC1CC2=Nc3ccc(N(C)C)cc3N(c3ccccc3)C2=CC1=N. The largest absolute Gasteiger partial charge is 0.378 e. The minimum atomic E-state index is 0.211. The van der Waals surface area contributed by atoms with Crippen LogP contribution in [0.1, 0.15) is 13.3 Å². The van der Waals surface area contributed by atoms with E-state index in [1.165, 1.54) is 0 Å². The van der Waals surface area contributed by atoms with Crippen LogP contribution < -0.4 is 9.80 Å². The number of hydrogen-bond acceptors (Lipinski definition) is 4. The number of para-hydroxylation sites is 1. The molecule has 0 aromatic heterocycles. The molecule has 1 atom stereocenters. The number of allylic oxidation sites excluding steroid dienone is 2. The molecule has 1 unspecified atom stereocenters. The second-order valence-corrected chi connectivity index (χ2v) is 6.89. The van der Waals surface area contributed by atoms with Gasteiger partial charge >= 0.3 is 0 Å². The van der Waals surface area contributed by atoms with E-state index in [1.807, 2.05) is 38.4 Å². The molecule has 1 aliphatic heterocycles. The topological polar surface area (TPSA) is 42.7 Å². The van der Waals surface area contributed by atoms with Gasteiger partial charge in [-0.15, -0.1) is 0 Å². The van der Waals surface area contributed by atoms with E-state index in [2.05, 4.69) is 47.1 Å². The molecule has 0 bridgehead atoms. The molecule has 2 aromatic rings. The van der Waals surface area contributed by atoms with Crippen molar-refractivity contribution in [3.63, 3.8) is 0 Å². The van der Waals surface area contributed by atoms with Gasteiger partial charge in [0, 0.05) is 37.1 Å². The van der Waals surface area contributed by atoms with Crippen molar-refractivity contribution >= 4 is 34.2 Å². The molecular weight excluding hydrogens is 308 g/mol. The average Bonchev–Trinajstić information content (AvgIpc) is 2.61. The zero-order valence-corrected chi connectivity index (χ0v) is 14.8. The van der Waals surface area contributed by atoms with E-state index in [4.69, 9.17) is 10.4 Å². The lowest BCUT2D eigenvalue weighted by atomic mass is 9.88. The lowest BCUT2D eigenvalue weighted by molar-refractivity contribution is 0.800. The molecule has 0 saturated heterocycles. The van der Waals surface area contributed by atoms with Gasteiger partial charge in [-0.25, -0.2) is 4.99 Å². The monoisotopic (exact) mass is 330 g/mol. The average molecular weight is 330 g/mol. The van der Waals surface area contributed by atoms with Crippen molar-refractivity contribution in [2.45, 2.75) is 13.3 Å². The summed E-state index contributed by atoms with van der Waals surface area (Å²) < 4.78 is 0. The Balaban J connectivity index is 1.96. The smallest absolute Gasteiger partial charge is 0.0875 e. The maximum Gasteiger partial charge on any atom is 0.0875 e. The van der Waals surface area contributed by atoms with E-state index in [-0.39, 0.29) is 5.92 Å². The van der Waals surface area contributed by atoms with Crippen molar-refractivity contribution in [2.24, 2.45) is 10.9 Å². The van der Waals surface area contributed by atoms with E-state index in [0.717, 1.165) is 40.6 Å². The van der Waals surface area contributed by atoms with Crippen molar-refractivity contribution in [3.8, 4) is 0 Å². The van der Waals surface area contributed by atoms with Crippen LogP contribution in [0.3, 0.4) is 0 Å². The molecule has 4 nitrogen and oxygen atoms in total. The first-order valence-electron chi connectivity index (χ1n) is 8.59. The van der Waals surface area contributed by atoms with Crippen molar-refractivity contribution in [2.75, 3.05) is 23.9 Å². The zero-order chi connectivity index (χ0) is 17.6. The molecule has 1 heterocycles. The fourth-order valence-corrected chi connectivity index (χ4v) is 3.37. The van der Waals surface area contributed by atoms with Gasteiger partial charge in [-0.1, -0.05) is 25.1 Å². The first-order valence-corrected chi connectivity index (χ1v) is 8.59. The third-order valence-electron chi connectivity index (χ3n) is 4.85. The van der Waals surface area contributed by atoms with Crippen LogP contribution in [0.2, 0.25) is 0 Å². The first-order chi connectivity index (χ1) is 12.0. The molecule has 2 aromatic carbocycles. The van der Waals surface area contributed by atoms with Crippen molar-refractivity contribution < 1.29 is 0 Å². The molecule has 4 heteroatoms. The second kappa shape index (κ2) is 5.88. The highest BCUT2D eigenvalue weighted by molar-refractivity contribution is 6.18. The molecule has 0 radical (unpaired) electrons. The Kier molecular flexibility index (Phi) is 3.68. The molecule has 2 aliphatic rings. The van der Waals surface area contributed by atoms with Gasteiger partial charge in [-0.05, 0) is 42.8 Å². The van der Waals surface area contributed by atoms with Gasteiger partial charge < -0.3 is 15.2 Å². The summed E-state index contributed by atoms with van der Waals surface area (Å²) in [4.78, 5) is 9.26. The predicted molar refractivity (Wildman–Crippen MR) is 106 cm³/mol. The highest BCUT2D eigenvalue weighted by Crippen LogP contribution is 2.44. The molecule has 1 aliphatic carbocycles. The normalized spacial score (nSPS) is 18.9. The van der Waals surface area contributed by atoms with Crippen LogP contribution in [0, 0.1) is 11.3 Å². The summed E-state index contributed by atoms with van der Waals surface area (Å²) in [6.07, 6.45) is 2.79. The number of nitrogens with zero attached hydrogens (tertiary/aromatic N) is 3. The van der Waals surface area contributed by atoms with E-state index in [1.54, 1.807) is 0 Å². The van der Waals surface area contributed by atoms with Gasteiger partial charge in [-0.2, -0.15) is 0 Å². The Labute approximate surface area is 148 Å². The van der Waals surface area contributed by atoms with Crippen molar-refractivity contribution in [1.82, 2.24) is 0 Å². The first kappa shape index (κ1) is 15.6. The van der Waals surface area contributed by atoms with Gasteiger partial charge in [-0.3, -0.25) is 0 Å². The molecular formula is C21H22N4. The maximum absolute atomic E-state index is 8.30. The number of fused-ring (bicyclic) bond motifs is 2. The van der Waals surface area contributed by atoms with Crippen LogP contribution in [0.15, 0.2) is 65.3 Å². The lowest BCUT2D eigenvalue weighted by Crippen LogP contribution is -2.32. The van der Waals surface area contributed by atoms with Gasteiger partial charge in [0.1, 0.15) is 0 Å². The third kappa shape index (κ3) is 2.64. The number of benzene rings is 2. The van der Waals surface area contributed by atoms with Gasteiger partial charge in [0.05, 0.1) is 22.8 Å². The van der Waals surface area contributed by atoms with Crippen LogP contribution >= 0.6 is 0 Å². The molecule has 4 rings (SSSR count). The summed E-state index contributed by atoms with van der Waals surface area (Å²) in [5.41, 5.74) is 7.05. The van der Waals surface area contributed by atoms with Crippen LogP contribution in [0.5, 0.6) is 0 Å². The third-order valence-corrected chi connectivity index (χ3v) is 4.85. The Bertz CT molecular complexity index is 893. The Morgan fingerprint density at radius 2 is 1.88 bits per heavy atom. The highest BCUT2D eigenvalue weighted by atomic mass is 15.2. The molecule has 0 saturated carbocycles. The minimum absolute atomic E-state index is 0.211. The van der Waals surface area contributed by atoms with Crippen LogP contribution in [-0.4, -0.2) is 25.5 Å². The van der Waals surface area contributed by atoms with E-state index in [9.17, 15) is 0 Å². The fraction of sp³-hybridized carbons (Fsp3) is 0.238. The van der Waals surface area contributed by atoms with E-state index >= 15 is 0 Å². The van der Waals surface area contributed by atoms with Crippen molar-refractivity contribution in [1.29, 1.82) is 5.41 Å². The fourth-order valence-electron chi connectivity index (χ4n) is 3.37. The Hall–Kier alpha value is -2.88. The number of anilines is 3. The summed E-state index contributed by atoms with van der Waals surface area (Å²) in [6, 6.07) is 16.7. The summed E-state index contributed by atoms with van der Waals surface area (Å²) >= 11 is 0.